The molecule has 0 radical (unpaired) electrons. The van der Waals surface area contributed by atoms with Crippen LogP contribution in [0.15, 0.2) is 12.7 Å². The summed E-state index contributed by atoms with van der Waals surface area (Å²) in [4.78, 5) is 61.4. The van der Waals surface area contributed by atoms with Crippen LogP contribution in [0, 0.1) is 11.8 Å². The van der Waals surface area contributed by atoms with Gasteiger partial charge >= 0.3 is 23.2 Å². The molecule has 1 saturated carbocycles. The zero-order valence-electron chi connectivity index (χ0n) is 21.5. The van der Waals surface area contributed by atoms with E-state index in [4.69, 9.17) is 14.5 Å². The first-order valence-corrected chi connectivity index (χ1v) is 17.1. The van der Waals surface area contributed by atoms with Gasteiger partial charge in [-0.05, 0) is 32.1 Å². The minimum absolute atomic E-state index is 0.108. The minimum atomic E-state index is -5.53. The molecule has 0 spiro atoms. The fraction of sp³-hybridized carbons (Fsp3) is 0.700. The van der Waals surface area contributed by atoms with Crippen LogP contribution >= 0.6 is 23.2 Å². The third-order valence-corrected chi connectivity index (χ3v) is 10.2. The number of fused-ring (bicyclic) bond motifs is 1. The van der Waals surface area contributed by atoms with Crippen LogP contribution in [0.25, 0.3) is 11.2 Å². The molecule has 39 heavy (non-hydrogen) atoms. The number of hydrogen-bond acceptors (Lipinski definition) is 11. The Hall–Kier alpha value is -1.57. The van der Waals surface area contributed by atoms with E-state index in [-0.39, 0.29) is 12.5 Å². The monoisotopic (exact) mass is 613 g/mol. The van der Waals surface area contributed by atoms with Crippen molar-refractivity contribution in [1.82, 2.24) is 19.5 Å². The summed E-state index contributed by atoms with van der Waals surface area (Å²) < 4.78 is 48.6. The average Bonchev–Trinajstić information content (AvgIpc) is 3.22. The number of aromatic nitrogens is 4. The zero-order chi connectivity index (χ0) is 28.8. The van der Waals surface area contributed by atoms with Gasteiger partial charge in [0.2, 0.25) is 0 Å². The molecule has 19 heteroatoms. The molecule has 0 aliphatic heterocycles. The van der Waals surface area contributed by atoms with Crippen molar-refractivity contribution in [3.63, 3.8) is 0 Å². The minimum Gasteiger partial charge on any atom is -0.368 e. The Bertz CT molecular complexity index is 1280. The second kappa shape index (κ2) is 13.4. The Morgan fingerprint density at radius 1 is 1.10 bits per heavy atom. The lowest BCUT2D eigenvalue weighted by molar-refractivity contribution is -0.124. The molecule has 2 heterocycles. The highest BCUT2D eigenvalue weighted by molar-refractivity contribution is 7.68. The Morgan fingerprint density at radius 3 is 2.46 bits per heavy atom. The maximum absolute atomic E-state index is 12.5. The zero-order valence-corrected chi connectivity index (χ0v) is 24.2. The molecule has 1 aliphatic carbocycles. The first kappa shape index (κ1) is 32.0. The van der Waals surface area contributed by atoms with E-state index in [9.17, 15) is 28.3 Å². The number of carbonyl (C=O) groups excluding carboxylic acids is 1. The van der Waals surface area contributed by atoms with Gasteiger partial charge < -0.3 is 34.2 Å². The first-order valence-electron chi connectivity index (χ1n) is 12.3. The maximum Gasteiger partial charge on any atom is 0.488 e. The van der Waals surface area contributed by atoms with Crippen molar-refractivity contribution in [2.75, 3.05) is 18.2 Å². The lowest BCUT2D eigenvalue weighted by Crippen LogP contribution is -2.21. The number of ether oxygens (including phenoxy) is 1. The van der Waals surface area contributed by atoms with E-state index in [1.54, 1.807) is 11.5 Å². The molecule has 1 aliphatic rings. The van der Waals surface area contributed by atoms with Crippen LogP contribution in [0.5, 0.6) is 0 Å². The predicted molar refractivity (Wildman–Crippen MR) is 138 cm³/mol. The van der Waals surface area contributed by atoms with Gasteiger partial charge in [-0.3, -0.25) is 9.36 Å². The van der Waals surface area contributed by atoms with E-state index in [1.807, 2.05) is 0 Å². The van der Waals surface area contributed by atoms with Gasteiger partial charge in [0.15, 0.2) is 11.5 Å². The van der Waals surface area contributed by atoms with E-state index in [0.717, 1.165) is 25.7 Å². The van der Waals surface area contributed by atoms with Gasteiger partial charge in [-0.1, -0.05) is 19.8 Å². The third kappa shape index (κ3) is 10.4. The average molecular weight is 613 g/mol. The lowest BCUT2D eigenvalue weighted by Gasteiger charge is -2.25. The van der Waals surface area contributed by atoms with Crippen molar-refractivity contribution in [3.8, 4) is 0 Å². The van der Waals surface area contributed by atoms with Crippen LogP contribution in [0.2, 0.25) is 0 Å². The Labute approximate surface area is 224 Å². The van der Waals surface area contributed by atoms with E-state index >= 15 is 0 Å². The fourth-order valence-electron chi connectivity index (χ4n) is 4.28. The predicted octanol–water partition coefficient (Wildman–Crippen LogP) is 3.19. The quantitative estimate of drug-likeness (QED) is 0.143. The molecule has 5 N–H and O–H groups in total. The SMILES string of the molecule is CC1CCC(C(=O)CCCNc2ncnc3c2ncn3C[C@@H](C)OCP(=O)(O)OP(=O)(O)OP(=O)(O)O)CC1. The van der Waals surface area contributed by atoms with Gasteiger partial charge in [-0.2, -0.15) is 4.31 Å². The summed E-state index contributed by atoms with van der Waals surface area (Å²) in [5.41, 5.74) is 0.929. The number of rotatable bonds is 15. The number of carbonyl (C=O) groups is 1. The highest BCUT2D eigenvalue weighted by Crippen LogP contribution is 2.65. The smallest absolute Gasteiger partial charge is 0.368 e. The molecule has 3 atom stereocenters. The van der Waals surface area contributed by atoms with Crippen molar-refractivity contribution in [3.05, 3.63) is 12.7 Å². The molecule has 0 aromatic carbocycles. The number of Topliss-reactive ketones (excluding diaryl/α,β-unsaturated/α-hetero) is 1. The van der Waals surface area contributed by atoms with E-state index < -0.39 is 35.7 Å². The lowest BCUT2D eigenvalue weighted by atomic mass is 9.80. The summed E-state index contributed by atoms with van der Waals surface area (Å²) in [5.74, 6) is 1.66. The largest absolute Gasteiger partial charge is 0.488 e. The number of phosphoric acid groups is 2. The van der Waals surface area contributed by atoms with Crippen LogP contribution in [-0.4, -0.2) is 63.9 Å². The van der Waals surface area contributed by atoms with Crippen LogP contribution in [-0.2, 0) is 38.4 Å². The number of nitrogens with zero attached hydrogens (tertiary/aromatic N) is 4. The third-order valence-electron chi connectivity index (χ3n) is 6.18. The number of nitrogens with one attached hydrogen (secondary N) is 1. The summed E-state index contributed by atoms with van der Waals surface area (Å²) in [5, 5.41) is 3.19. The molecule has 16 nitrogen and oxygen atoms in total. The fourth-order valence-corrected chi connectivity index (χ4v) is 7.67. The Kier molecular flexibility index (Phi) is 11.0. The Balaban J connectivity index is 1.49. The molecule has 0 saturated heterocycles. The highest BCUT2D eigenvalue weighted by Gasteiger charge is 2.39. The number of anilines is 1. The molecule has 0 amide bonds. The molecule has 0 bridgehead atoms. The number of hydrogen-bond donors (Lipinski definition) is 5. The van der Waals surface area contributed by atoms with Gasteiger partial charge in [0.05, 0.1) is 19.0 Å². The van der Waals surface area contributed by atoms with Gasteiger partial charge in [0.25, 0.3) is 0 Å². The Morgan fingerprint density at radius 2 is 1.79 bits per heavy atom. The van der Waals surface area contributed by atoms with Crippen molar-refractivity contribution in [2.24, 2.45) is 11.8 Å². The first-order chi connectivity index (χ1) is 18.1. The number of ketones is 1. The number of imidazole rings is 1. The van der Waals surface area contributed by atoms with Crippen LogP contribution in [0.4, 0.5) is 5.82 Å². The summed E-state index contributed by atoms with van der Waals surface area (Å²) in [6.45, 7) is 4.40. The highest BCUT2D eigenvalue weighted by atomic mass is 31.3. The molecule has 1 fully saturated rings. The topological polar surface area (TPSA) is 233 Å². The molecule has 2 unspecified atom stereocenters. The van der Waals surface area contributed by atoms with Crippen LogP contribution < -0.4 is 5.32 Å². The molecule has 2 aromatic rings. The normalized spacial score (nSPS) is 22.2. The summed E-state index contributed by atoms with van der Waals surface area (Å²) in [6, 6.07) is 0. The van der Waals surface area contributed by atoms with Gasteiger partial charge in [0, 0.05) is 18.9 Å². The second-order valence-corrected chi connectivity index (χ2v) is 14.4. The van der Waals surface area contributed by atoms with Crippen LogP contribution in [0.1, 0.15) is 52.4 Å². The van der Waals surface area contributed by atoms with Crippen molar-refractivity contribution < 1.29 is 51.4 Å². The summed E-state index contributed by atoms with van der Waals surface area (Å²) >= 11 is 0. The maximum atomic E-state index is 12.5. The van der Waals surface area contributed by atoms with Crippen LogP contribution in [0.3, 0.4) is 0 Å². The van der Waals surface area contributed by atoms with E-state index in [1.165, 1.54) is 12.7 Å². The van der Waals surface area contributed by atoms with Crippen molar-refractivity contribution in [1.29, 1.82) is 0 Å². The summed E-state index contributed by atoms with van der Waals surface area (Å²) in [6.07, 6.45) is 6.32. The summed E-state index contributed by atoms with van der Waals surface area (Å²) in [7, 11) is -15.9. The van der Waals surface area contributed by atoms with Gasteiger partial charge in [-0.15, -0.1) is 0 Å². The van der Waals surface area contributed by atoms with Crippen molar-refractivity contribution >= 4 is 46.0 Å². The molecule has 3 rings (SSSR count). The van der Waals surface area contributed by atoms with E-state index in [0.29, 0.717) is 48.1 Å². The molecule has 220 valence electrons. The van der Waals surface area contributed by atoms with E-state index in [2.05, 4.69) is 35.8 Å². The molecular formula is C20H34N5O11P3. The van der Waals surface area contributed by atoms with Gasteiger partial charge in [-0.25, -0.2) is 28.4 Å². The van der Waals surface area contributed by atoms with Crippen molar-refractivity contribution in [2.45, 2.75) is 65.0 Å². The standard InChI is InChI=1S/C20H34N5O11P3/c1-14-5-7-16(8-6-14)17(26)4-3-9-21-19-18-20(23-11-22-19)25(12-24-18)10-15(2)34-13-37(27,28)35-39(32,33)36-38(29,30)31/h11-12,14-16H,3-10,13H2,1-2H3,(H,27,28)(H,32,33)(H,21,22,23)(H2,29,30,31)/t14?,15-,16?/m1/s1. The molecule has 2 aromatic heterocycles. The molecular weight excluding hydrogens is 579 g/mol. The second-order valence-electron chi connectivity index (χ2n) is 9.61. The van der Waals surface area contributed by atoms with Gasteiger partial charge in [0.1, 0.15) is 24.0 Å².